The number of rotatable bonds is 3. The molecule has 29 heavy (non-hydrogen) atoms. The molecule has 4 rings (SSSR count). The van der Waals surface area contributed by atoms with Crippen molar-refractivity contribution in [3.05, 3.63) is 65.2 Å². The highest BCUT2D eigenvalue weighted by molar-refractivity contribution is 5.94. The van der Waals surface area contributed by atoms with Crippen LogP contribution >= 0.6 is 0 Å². The lowest BCUT2D eigenvalue weighted by Crippen LogP contribution is -2.46. The molecule has 1 atom stereocenters. The van der Waals surface area contributed by atoms with Gasteiger partial charge in [0, 0.05) is 31.1 Å². The van der Waals surface area contributed by atoms with Gasteiger partial charge in [0.05, 0.1) is 13.2 Å². The fourth-order valence-corrected chi connectivity index (χ4v) is 4.55. The van der Waals surface area contributed by atoms with E-state index in [2.05, 4.69) is 19.1 Å². The second-order valence-corrected chi connectivity index (χ2v) is 7.95. The molecule has 0 aromatic heterocycles. The summed E-state index contributed by atoms with van der Waals surface area (Å²) < 4.78 is 5.37. The average Bonchev–Trinajstić information content (AvgIpc) is 2.79. The Morgan fingerprint density at radius 1 is 1.00 bits per heavy atom. The monoisotopic (exact) mass is 392 g/mol. The van der Waals surface area contributed by atoms with Gasteiger partial charge in [0.15, 0.2) is 0 Å². The van der Waals surface area contributed by atoms with Crippen LogP contribution < -0.4 is 4.74 Å². The van der Waals surface area contributed by atoms with Crippen molar-refractivity contribution < 1.29 is 14.3 Å². The predicted molar refractivity (Wildman–Crippen MR) is 112 cm³/mol. The molecule has 152 valence electrons. The van der Waals surface area contributed by atoms with Gasteiger partial charge in [0.25, 0.3) is 5.91 Å². The van der Waals surface area contributed by atoms with E-state index in [1.807, 2.05) is 46.2 Å². The molecule has 2 aliphatic rings. The molecule has 2 aromatic carbocycles. The molecule has 5 heteroatoms. The van der Waals surface area contributed by atoms with Crippen molar-refractivity contribution in [2.24, 2.45) is 5.92 Å². The number of benzene rings is 2. The van der Waals surface area contributed by atoms with Crippen molar-refractivity contribution in [1.29, 1.82) is 0 Å². The summed E-state index contributed by atoms with van der Waals surface area (Å²) in [6.07, 6.45) is 2.33. The van der Waals surface area contributed by atoms with Crippen LogP contribution in [0.1, 0.15) is 47.3 Å². The minimum atomic E-state index is -0.00979. The van der Waals surface area contributed by atoms with Crippen LogP contribution in [0.25, 0.3) is 0 Å². The molecule has 1 unspecified atom stereocenters. The summed E-state index contributed by atoms with van der Waals surface area (Å²) in [6, 6.07) is 15.6. The number of hydrogen-bond acceptors (Lipinski definition) is 3. The first-order valence-electron chi connectivity index (χ1n) is 10.4. The number of likely N-dealkylation sites (tertiary alicyclic amines) is 1. The first-order chi connectivity index (χ1) is 14.1. The normalized spacial score (nSPS) is 19.6. The summed E-state index contributed by atoms with van der Waals surface area (Å²) in [5.74, 6) is 1.10. The molecule has 2 aromatic rings. The second kappa shape index (κ2) is 8.27. The molecule has 0 radical (unpaired) electrons. The number of piperidine rings is 1. The Bertz CT molecular complexity index is 888. The van der Waals surface area contributed by atoms with Gasteiger partial charge in [-0.2, -0.15) is 0 Å². The standard InChI is InChI=1S/C24H28N2O3/c1-17-22-16-21(29-2)9-8-18(22)12-15-26(17)24(28)20-10-13-25(14-11-20)23(27)19-6-4-3-5-7-19/h3-9,16-17,20H,10-15H2,1-2H3. The lowest BCUT2D eigenvalue weighted by molar-refractivity contribution is -0.139. The van der Waals surface area contributed by atoms with Crippen molar-refractivity contribution >= 4 is 11.8 Å². The highest BCUT2D eigenvalue weighted by Crippen LogP contribution is 2.34. The summed E-state index contributed by atoms with van der Waals surface area (Å²) >= 11 is 0. The topological polar surface area (TPSA) is 49.9 Å². The highest BCUT2D eigenvalue weighted by Gasteiger charge is 2.34. The van der Waals surface area contributed by atoms with E-state index in [-0.39, 0.29) is 23.8 Å². The molecular formula is C24H28N2O3. The van der Waals surface area contributed by atoms with E-state index >= 15 is 0 Å². The SMILES string of the molecule is COc1ccc2c(c1)C(C)N(C(=O)C1CCN(C(=O)c3ccccc3)CC1)CC2. The number of ether oxygens (including phenoxy) is 1. The van der Waals surface area contributed by atoms with Gasteiger partial charge in [0.1, 0.15) is 5.75 Å². The van der Waals surface area contributed by atoms with Crippen molar-refractivity contribution in [2.75, 3.05) is 26.7 Å². The summed E-state index contributed by atoms with van der Waals surface area (Å²) in [7, 11) is 1.67. The third kappa shape index (κ3) is 3.86. The Labute approximate surface area is 172 Å². The van der Waals surface area contributed by atoms with Crippen LogP contribution in [0.3, 0.4) is 0 Å². The van der Waals surface area contributed by atoms with Crippen molar-refractivity contribution in [3.63, 3.8) is 0 Å². The van der Waals surface area contributed by atoms with Gasteiger partial charge in [-0.05, 0) is 61.6 Å². The number of fused-ring (bicyclic) bond motifs is 1. The predicted octanol–water partition coefficient (Wildman–Crippen LogP) is 3.69. The fourth-order valence-electron chi connectivity index (χ4n) is 4.55. The number of amides is 2. The molecule has 0 N–H and O–H groups in total. The first-order valence-corrected chi connectivity index (χ1v) is 10.4. The van der Waals surface area contributed by atoms with Crippen LogP contribution in [-0.2, 0) is 11.2 Å². The maximum atomic E-state index is 13.3. The van der Waals surface area contributed by atoms with Crippen molar-refractivity contribution in [1.82, 2.24) is 9.80 Å². The Hall–Kier alpha value is -2.82. The number of nitrogens with zero attached hydrogens (tertiary/aromatic N) is 2. The van der Waals surface area contributed by atoms with Crippen LogP contribution in [0.5, 0.6) is 5.75 Å². The van der Waals surface area contributed by atoms with Gasteiger partial charge >= 0.3 is 0 Å². The van der Waals surface area contributed by atoms with Crippen LogP contribution in [0.4, 0.5) is 0 Å². The van der Waals surface area contributed by atoms with Crippen LogP contribution in [0, 0.1) is 5.92 Å². The van der Waals surface area contributed by atoms with E-state index in [1.54, 1.807) is 7.11 Å². The lowest BCUT2D eigenvalue weighted by Gasteiger charge is -2.39. The molecule has 2 heterocycles. The van der Waals surface area contributed by atoms with E-state index < -0.39 is 0 Å². The zero-order valence-corrected chi connectivity index (χ0v) is 17.1. The molecule has 2 aliphatic heterocycles. The summed E-state index contributed by atoms with van der Waals surface area (Å²) in [5, 5.41) is 0. The van der Waals surface area contributed by atoms with E-state index in [4.69, 9.17) is 4.74 Å². The molecule has 1 saturated heterocycles. The Morgan fingerprint density at radius 3 is 2.41 bits per heavy atom. The van der Waals surface area contributed by atoms with E-state index in [0.717, 1.165) is 31.6 Å². The molecule has 2 amide bonds. The Balaban J connectivity index is 1.40. The zero-order valence-electron chi connectivity index (χ0n) is 17.1. The van der Waals surface area contributed by atoms with Crippen LogP contribution in [-0.4, -0.2) is 48.4 Å². The van der Waals surface area contributed by atoms with Crippen molar-refractivity contribution in [2.45, 2.75) is 32.2 Å². The summed E-state index contributed by atoms with van der Waals surface area (Å²) in [4.78, 5) is 29.8. The van der Waals surface area contributed by atoms with Gasteiger partial charge in [0.2, 0.25) is 5.91 Å². The van der Waals surface area contributed by atoms with Gasteiger partial charge in [-0.3, -0.25) is 9.59 Å². The number of carbonyl (C=O) groups is 2. The minimum absolute atomic E-state index is 0.00979. The maximum absolute atomic E-state index is 13.3. The molecule has 1 fully saturated rings. The number of methoxy groups -OCH3 is 1. The first kappa shape index (κ1) is 19.5. The number of hydrogen-bond donors (Lipinski definition) is 0. The third-order valence-electron chi connectivity index (χ3n) is 6.33. The summed E-state index contributed by atoms with van der Waals surface area (Å²) in [5.41, 5.74) is 3.19. The summed E-state index contributed by atoms with van der Waals surface area (Å²) in [6.45, 7) is 4.12. The van der Waals surface area contributed by atoms with E-state index in [0.29, 0.717) is 18.7 Å². The molecule has 0 spiro atoms. The Morgan fingerprint density at radius 2 is 1.72 bits per heavy atom. The number of carbonyl (C=O) groups excluding carboxylic acids is 2. The van der Waals surface area contributed by atoms with Crippen molar-refractivity contribution in [3.8, 4) is 5.75 Å². The zero-order chi connectivity index (χ0) is 20.4. The third-order valence-corrected chi connectivity index (χ3v) is 6.33. The van der Waals surface area contributed by atoms with E-state index in [9.17, 15) is 9.59 Å². The maximum Gasteiger partial charge on any atom is 0.253 e. The molecule has 0 saturated carbocycles. The molecule has 0 aliphatic carbocycles. The molecule has 5 nitrogen and oxygen atoms in total. The van der Waals surface area contributed by atoms with Crippen LogP contribution in [0.15, 0.2) is 48.5 Å². The molecule has 0 bridgehead atoms. The largest absolute Gasteiger partial charge is 0.497 e. The minimum Gasteiger partial charge on any atom is -0.497 e. The quantitative estimate of drug-likeness (QED) is 0.800. The lowest BCUT2D eigenvalue weighted by atomic mass is 9.89. The van der Waals surface area contributed by atoms with Gasteiger partial charge in [-0.15, -0.1) is 0 Å². The highest BCUT2D eigenvalue weighted by atomic mass is 16.5. The van der Waals surface area contributed by atoms with Gasteiger partial charge in [-0.25, -0.2) is 0 Å². The van der Waals surface area contributed by atoms with Gasteiger partial charge in [-0.1, -0.05) is 24.3 Å². The van der Waals surface area contributed by atoms with Gasteiger partial charge < -0.3 is 14.5 Å². The average molecular weight is 392 g/mol. The Kier molecular flexibility index (Phi) is 5.56. The van der Waals surface area contributed by atoms with E-state index in [1.165, 1.54) is 11.1 Å². The van der Waals surface area contributed by atoms with Crippen LogP contribution in [0.2, 0.25) is 0 Å². The second-order valence-electron chi connectivity index (χ2n) is 7.95. The smallest absolute Gasteiger partial charge is 0.253 e. The molecular weight excluding hydrogens is 364 g/mol. The fraction of sp³-hybridized carbons (Fsp3) is 0.417.